The highest BCUT2D eigenvalue weighted by Crippen LogP contribution is 2.78. The van der Waals surface area contributed by atoms with Crippen LogP contribution in [0.15, 0.2) is 12.2 Å². The molecular formula is C22H28O7. The van der Waals surface area contributed by atoms with Crippen molar-refractivity contribution in [2.24, 2.45) is 28.6 Å². The van der Waals surface area contributed by atoms with Gasteiger partial charge in [0.15, 0.2) is 5.78 Å². The minimum atomic E-state index is -1.29. The van der Waals surface area contributed by atoms with Gasteiger partial charge in [0.1, 0.15) is 17.8 Å². The van der Waals surface area contributed by atoms with Crippen molar-refractivity contribution in [2.45, 2.75) is 56.7 Å². The second-order valence-corrected chi connectivity index (χ2v) is 9.78. The molecular weight excluding hydrogens is 376 g/mol. The normalized spacial score (nSPS) is 49.6. The summed E-state index contributed by atoms with van der Waals surface area (Å²) in [6.45, 7) is 6.14. The summed E-state index contributed by atoms with van der Waals surface area (Å²) in [7, 11) is 2.96. The zero-order valence-electron chi connectivity index (χ0n) is 17.2. The van der Waals surface area contributed by atoms with Crippen LogP contribution in [0.2, 0.25) is 0 Å². The Morgan fingerprint density at radius 1 is 1.28 bits per heavy atom. The standard InChI is InChI=1S/C22H28O7/c1-12-9-20-10-21(12,28-11-26-3)7-5-13(20)22-8-6-14(23)19(2,18(25)29-22)16(22)15(20)17(24)27-4/h13,15-16H,1,5-11H2,2-4H3/t13-,15-,16-,19-,20+,21+,22-/m1/s1. The lowest BCUT2D eigenvalue weighted by molar-refractivity contribution is -0.171. The smallest absolute Gasteiger partial charge is 0.320 e. The molecule has 0 amide bonds. The van der Waals surface area contributed by atoms with Gasteiger partial charge < -0.3 is 18.9 Å². The molecule has 4 saturated carbocycles. The van der Waals surface area contributed by atoms with Gasteiger partial charge in [0.2, 0.25) is 0 Å². The third-order valence-electron chi connectivity index (χ3n) is 8.96. The second-order valence-electron chi connectivity index (χ2n) is 9.78. The highest BCUT2D eigenvalue weighted by Gasteiger charge is 2.84. The van der Waals surface area contributed by atoms with Gasteiger partial charge in [-0.2, -0.15) is 0 Å². The Kier molecular flexibility index (Phi) is 3.78. The molecule has 0 aromatic rings. The maximum atomic E-state index is 13.2. The van der Waals surface area contributed by atoms with Crippen molar-refractivity contribution < 1.29 is 33.3 Å². The first-order valence-corrected chi connectivity index (χ1v) is 10.4. The number of hydrogen-bond donors (Lipinski definition) is 0. The third-order valence-corrected chi connectivity index (χ3v) is 8.96. The molecule has 1 heterocycles. The predicted molar refractivity (Wildman–Crippen MR) is 99.4 cm³/mol. The molecule has 4 bridgehead atoms. The molecule has 5 aliphatic rings. The first-order chi connectivity index (χ1) is 13.7. The van der Waals surface area contributed by atoms with Gasteiger partial charge in [-0.05, 0) is 50.0 Å². The molecule has 29 heavy (non-hydrogen) atoms. The molecule has 7 heteroatoms. The molecule has 0 unspecified atom stereocenters. The van der Waals surface area contributed by atoms with Crippen LogP contribution in [0.1, 0.15) is 45.4 Å². The Morgan fingerprint density at radius 3 is 2.72 bits per heavy atom. The number of rotatable bonds is 4. The molecule has 0 radical (unpaired) electrons. The average molecular weight is 404 g/mol. The van der Waals surface area contributed by atoms with Gasteiger partial charge in [-0.1, -0.05) is 6.58 Å². The quantitative estimate of drug-likeness (QED) is 0.307. The van der Waals surface area contributed by atoms with Gasteiger partial charge in [0.05, 0.1) is 18.6 Å². The van der Waals surface area contributed by atoms with Crippen LogP contribution in [-0.2, 0) is 33.3 Å². The number of ether oxygens (including phenoxy) is 4. The summed E-state index contributed by atoms with van der Waals surface area (Å²) in [5.41, 5.74) is -2.13. The van der Waals surface area contributed by atoms with E-state index in [2.05, 4.69) is 6.58 Å². The molecule has 1 spiro atoms. The van der Waals surface area contributed by atoms with Gasteiger partial charge >= 0.3 is 11.9 Å². The number of esters is 2. The number of Topliss-reactive ketones (excluding diaryl/α,β-unsaturated/α-hetero) is 1. The molecule has 7 atom stereocenters. The van der Waals surface area contributed by atoms with Crippen LogP contribution in [0.3, 0.4) is 0 Å². The van der Waals surface area contributed by atoms with Crippen molar-refractivity contribution in [2.75, 3.05) is 21.0 Å². The Hall–Kier alpha value is -1.73. The summed E-state index contributed by atoms with van der Waals surface area (Å²) in [6.07, 6.45) is 3.52. The van der Waals surface area contributed by atoms with Crippen molar-refractivity contribution >= 4 is 17.7 Å². The van der Waals surface area contributed by atoms with E-state index in [-0.39, 0.29) is 24.5 Å². The van der Waals surface area contributed by atoms with E-state index >= 15 is 0 Å². The van der Waals surface area contributed by atoms with Crippen molar-refractivity contribution in [1.82, 2.24) is 0 Å². The summed E-state index contributed by atoms with van der Waals surface area (Å²) in [5, 5.41) is 0. The summed E-state index contributed by atoms with van der Waals surface area (Å²) < 4.78 is 22.6. The van der Waals surface area contributed by atoms with Crippen molar-refractivity contribution in [3.05, 3.63) is 12.2 Å². The Morgan fingerprint density at radius 2 is 2.03 bits per heavy atom. The van der Waals surface area contributed by atoms with E-state index in [1.807, 2.05) is 0 Å². The first-order valence-electron chi connectivity index (χ1n) is 10.4. The van der Waals surface area contributed by atoms with Gasteiger partial charge in [0, 0.05) is 25.4 Å². The molecule has 158 valence electrons. The van der Waals surface area contributed by atoms with Crippen LogP contribution in [0.4, 0.5) is 0 Å². The van der Waals surface area contributed by atoms with Crippen LogP contribution in [0, 0.1) is 28.6 Å². The van der Waals surface area contributed by atoms with Crippen LogP contribution >= 0.6 is 0 Å². The Labute approximate surface area is 170 Å². The summed E-state index contributed by atoms with van der Waals surface area (Å²) >= 11 is 0. The minimum Gasteiger partial charge on any atom is -0.469 e. The van der Waals surface area contributed by atoms with E-state index < -0.39 is 39.8 Å². The minimum absolute atomic E-state index is 0.0125. The van der Waals surface area contributed by atoms with E-state index in [0.29, 0.717) is 25.7 Å². The topological polar surface area (TPSA) is 88.1 Å². The highest BCUT2D eigenvalue weighted by molar-refractivity contribution is 6.07. The van der Waals surface area contributed by atoms with Gasteiger partial charge in [-0.25, -0.2) is 0 Å². The lowest BCUT2D eigenvalue weighted by atomic mass is 9.59. The highest BCUT2D eigenvalue weighted by atomic mass is 16.7. The molecule has 1 saturated heterocycles. The van der Waals surface area contributed by atoms with Crippen molar-refractivity contribution in [3.63, 3.8) is 0 Å². The fourth-order valence-electron chi connectivity index (χ4n) is 7.95. The zero-order chi connectivity index (χ0) is 20.8. The van der Waals surface area contributed by atoms with Crippen molar-refractivity contribution in [3.8, 4) is 0 Å². The Balaban J connectivity index is 1.68. The number of ketones is 1. The van der Waals surface area contributed by atoms with Crippen molar-refractivity contribution in [1.29, 1.82) is 0 Å². The van der Waals surface area contributed by atoms with Crippen LogP contribution in [0.25, 0.3) is 0 Å². The lowest BCUT2D eigenvalue weighted by Crippen LogP contribution is -2.51. The number of hydrogen-bond acceptors (Lipinski definition) is 7. The predicted octanol–water partition coefficient (Wildman–Crippen LogP) is 2.18. The lowest BCUT2D eigenvalue weighted by Gasteiger charge is -2.46. The van der Waals surface area contributed by atoms with Crippen LogP contribution in [-0.4, -0.2) is 49.9 Å². The molecule has 0 aromatic heterocycles. The van der Waals surface area contributed by atoms with Crippen LogP contribution < -0.4 is 0 Å². The fourth-order valence-corrected chi connectivity index (χ4v) is 7.95. The second kappa shape index (κ2) is 5.70. The third kappa shape index (κ3) is 1.94. The fraction of sp³-hybridized carbons (Fsp3) is 0.773. The monoisotopic (exact) mass is 404 g/mol. The van der Waals surface area contributed by atoms with Gasteiger partial charge in [0.25, 0.3) is 0 Å². The molecule has 5 rings (SSSR count). The van der Waals surface area contributed by atoms with Crippen LogP contribution in [0.5, 0.6) is 0 Å². The maximum Gasteiger partial charge on any atom is 0.320 e. The SMILES string of the molecule is C=C1C[C@]23C[C@@]1(OCOC)CC[C@H]2[C@@]12CCC(=O)[C@@](C)(C(=O)O1)[C@H]2[C@@H]3C(=O)OC. The number of carbonyl (C=O) groups excluding carboxylic acids is 3. The molecule has 4 aliphatic carbocycles. The molecule has 0 aromatic carbocycles. The number of carbonyl (C=O) groups is 3. The van der Waals surface area contributed by atoms with E-state index in [1.165, 1.54) is 7.11 Å². The number of fused-ring (bicyclic) bond motifs is 1. The largest absolute Gasteiger partial charge is 0.469 e. The van der Waals surface area contributed by atoms with Gasteiger partial charge in [-0.3, -0.25) is 14.4 Å². The first kappa shape index (κ1) is 19.2. The molecule has 1 aliphatic heterocycles. The summed E-state index contributed by atoms with van der Waals surface area (Å²) in [6, 6.07) is 0. The van der Waals surface area contributed by atoms with E-state index in [0.717, 1.165) is 18.4 Å². The summed E-state index contributed by atoms with van der Waals surface area (Å²) in [5.74, 6) is -2.06. The average Bonchev–Trinajstić information content (AvgIpc) is 3.14. The molecule has 5 fully saturated rings. The molecule has 7 nitrogen and oxygen atoms in total. The van der Waals surface area contributed by atoms with E-state index in [9.17, 15) is 14.4 Å². The Bertz CT molecular complexity index is 835. The van der Waals surface area contributed by atoms with E-state index in [1.54, 1.807) is 14.0 Å². The number of methoxy groups -OCH3 is 2. The van der Waals surface area contributed by atoms with E-state index in [4.69, 9.17) is 18.9 Å². The maximum absolute atomic E-state index is 13.2. The van der Waals surface area contributed by atoms with Gasteiger partial charge in [-0.15, -0.1) is 0 Å². The zero-order valence-corrected chi connectivity index (χ0v) is 17.2. The molecule has 0 N–H and O–H groups in total. The summed E-state index contributed by atoms with van der Waals surface area (Å²) in [4.78, 5) is 39.1.